The van der Waals surface area contributed by atoms with Crippen molar-refractivity contribution in [1.29, 1.82) is 0 Å². The molecule has 0 saturated carbocycles. The summed E-state index contributed by atoms with van der Waals surface area (Å²) in [6.07, 6.45) is 2.57. The summed E-state index contributed by atoms with van der Waals surface area (Å²) in [6, 6.07) is 0. The summed E-state index contributed by atoms with van der Waals surface area (Å²) >= 11 is 0. The fourth-order valence-corrected chi connectivity index (χ4v) is 0.554. The second kappa shape index (κ2) is 34.3. The van der Waals surface area contributed by atoms with Gasteiger partial charge in [0.2, 0.25) is 0 Å². The normalized spacial score (nSPS) is 8.13. The van der Waals surface area contributed by atoms with Crippen LogP contribution in [0, 0.1) is 0 Å². The first kappa shape index (κ1) is 39.2. The number of carbonyl (C=O) groups is 1. The van der Waals surface area contributed by atoms with E-state index in [4.69, 9.17) is 47.8 Å². The first-order chi connectivity index (χ1) is 9.50. The number of carbonyl (C=O) groups excluding carboxylic acids is 1. The maximum Gasteiger partial charge on any atom is 3.00 e. The summed E-state index contributed by atoms with van der Waals surface area (Å²) in [5.74, 6) is -0.0700. The Morgan fingerprint density at radius 2 is 1.09 bits per heavy atom. The van der Waals surface area contributed by atoms with E-state index < -0.39 is 24.8 Å². The third-order valence-corrected chi connectivity index (χ3v) is 1.04. The van der Waals surface area contributed by atoms with Crippen molar-refractivity contribution < 1.29 is 52.6 Å². The molecule has 0 spiro atoms. The van der Waals surface area contributed by atoms with Crippen LogP contribution in [0.2, 0.25) is 0 Å². The molecule has 0 radical (unpaired) electrons. The fourth-order valence-electron chi connectivity index (χ4n) is 0.554. The zero-order chi connectivity index (χ0) is 17.8. The molecule has 0 atom stereocenters. The van der Waals surface area contributed by atoms with Crippen molar-refractivity contribution >= 4 is 65.5 Å². The van der Waals surface area contributed by atoms with Crippen molar-refractivity contribution in [2.45, 2.75) is 33.1 Å². The largest absolute Gasteiger partial charge is 3.00 e. The van der Waals surface area contributed by atoms with E-state index in [1.54, 1.807) is 0 Å². The van der Waals surface area contributed by atoms with E-state index in [1.165, 1.54) is 0 Å². The molecule has 132 valence electrons. The van der Waals surface area contributed by atoms with Crippen LogP contribution in [0.25, 0.3) is 0 Å². The van der Waals surface area contributed by atoms with Crippen molar-refractivity contribution in [3.8, 4) is 0 Å². The fraction of sp³-hybridized carbons (Fsp3) is 0.857. The molecule has 0 aromatic carbocycles. The van der Waals surface area contributed by atoms with Gasteiger partial charge in [0.1, 0.15) is 0 Å². The third kappa shape index (κ3) is 159. The van der Waals surface area contributed by atoms with Crippen molar-refractivity contribution in [3.63, 3.8) is 0 Å². The van der Waals surface area contributed by atoms with Crippen molar-refractivity contribution in [2.24, 2.45) is 0 Å². The summed E-state index contributed by atoms with van der Waals surface area (Å²) < 4.78 is 30.3. The summed E-state index contributed by atoms with van der Waals surface area (Å²) in [5.41, 5.74) is 0. The van der Waals surface area contributed by atoms with Gasteiger partial charge in [-0.3, -0.25) is 4.79 Å². The molecule has 0 aliphatic heterocycles. The molecule has 16 heteroatoms. The summed E-state index contributed by atoms with van der Waals surface area (Å²) in [5, 5.41) is 0. The van der Waals surface area contributed by atoms with Crippen LogP contribution < -0.4 is 29.4 Å². The predicted octanol–water partition coefficient (Wildman–Crippen LogP) is -4.73. The van der Waals surface area contributed by atoms with E-state index in [0.717, 1.165) is 12.8 Å². The molecule has 0 aromatic rings. The molecule has 0 rings (SSSR count). The minimum absolute atomic E-state index is 0. The second-order valence-corrected chi connectivity index (χ2v) is 4.16. The number of hydrogen-bond acceptors (Lipinski definition) is 11. The number of ether oxygens (including phenoxy) is 1. The van der Waals surface area contributed by atoms with Gasteiger partial charge in [-0.25, -0.2) is 0 Å². The van der Waals surface area contributed by atoms with Crippen LogP contribution in [-0.4, -0.2) is 47.3 Å². The van der Waals surface area contributed by atoms with Crippen LogP contribution in [-0.2, 0) is 23.2 Å². The Hall–Kier alpha value is 0.985. The molecular weight excluding hydrogens is 407 g/mol. The van der Waals surface area contributed by atoms with Crippen molar-refractivity contribution in [2.75, 3.05) is 6.61 Å². The van der Waals surface area contributed by atoms with Crippen LogP contribution in [0.3, 0.4) is 0 Å². The van der Waals surface area contributed by atoms with Crippen LogP contribution in [0.15, 0.2) is 0 Å². The van der Waals surface area contributed by atoms with E-state index in [0.29, 0.717) is 13.0 Å². The van der Waals surface area contributed by atoms with E-state index in [1.807, 2.05) is 6.92 Å². The van der Waals surface area contributed by atoms with Crippen LogP contribution in [0.5, 0.6) is 0 Å². The summed E-state index contributed by atoms with van der Waals surface area (Å²) in [4.78, 5) is 61.7. The molecule has 0 heterocycles. The van der Waals surface area contributed by atoms with Gasteiger partial charge in [0.15, 0.2) is 0 Å². The molecule has 0 unspecified atom stereocenters. The summed E-state index contributed by atoms with van der Waals surface area (Å²) in [6.45, 7) is 4.38. The molecule has 0 aromatic heterocycles. The molecule has 23 heavy (non-hydrogen) atoms. The van der Waals surface area contributed by atoms with E-state index in [9.17, 15) is 4.79 Å². The molecule has 0 aliphatic carbocycles. The van der Waals surface area contributed by atoms with Crippen LogP contribution >= 0.6 is 24.8 Å². The standard InChI is InChI=1S/C7H14O2.2Al.3H3O3P/c1-3-5-6-7(8)9-4-2;;;3*1-4(2)3/h3-6H2,1-2H3;;;3*4H,(H2,1,2,3)/q;2*+3;;;/p-6. The zero-order valence-electron chi connectivity index (χ0n) is 12.5. The predicted molar refractivity (Wildman–Crippen MR) is 74.7 cm³/mol. The summed E-state index contributed by atoms with van der Waals surface area (Å²) in [7, 11) is -10.9. The topological polar surface area (TPSA) is 216 Å². The van der Waals surface area contributed by atoms with E-state index in [-0.39, 0.29) is 40.7 Å². The molecule has 0 bridgehead atoms. The minimum atomic E-state index is -3.63. The number of unbranched alkanes of at least 4 members (excludes halogenated alkanes) is 1. The molecule has 0 fully saturated rings. The quantitative estimate of drug-likeness (QED) is 0.237. The number of esters is 1. The Morgan fingerprint density at radius 1 is 0.826 bits per heavy atom. The van der Waals surface area contributed by atoms with Gasteiger partial charge in [-0.2, -0.15) is 0 Å². The van der Waals surface area contributed by atoms with Crippen molar-refractivity contribution in [1.82, 2.24) is 0 Å². The SMILES string of the molecule is CCCCC(=O)OCC.O=[PH]([O-])[O-].O=[PH]([O-])[O-].O=[PH]([O-])[O-].[Al+3].[Al+3]. The first-order valence-corrected chi connectivity index (χ1v) is 8.98. The van der Waals surface area contributed by atoms with Gasteiger partial charge in [0.25, 0.3) is 0 Å². The zero-order valence-corrected chi connectivity index (χ0v) is 17.8. The van der Waals surface area contributed by atoms with Gasteiger partial charge < -0.3 is 47.8 Å². The van der Waals surface area contributed by atoms with Crippen molar-refractivity contribution in [3.05, 3.63) is 0 Å². The Labute approximate surface area is 157 Å². The van der Waals surface area contributed by atoms with Gasteiger partial charge >= 0.3 is 40.7 Å². The van der Waals surface area contributed by atoms with Crippen LogP contribution in [0.1, 0.15) is 33.1 Å². The Bertz CT molecular complexity index is 265. The Balaban J connectivity index is -0.0000000444. The molecule has 0 saturated heterocycles. The van der Waals surface area contributed by atoms with Gasteiger partial charge in [-0.15, -0.1) is 0 Å². The third-order valence-electron chi connectivity index (χ3n) is 1.04. The van der Waals surface area contributed by atoms with Gasteiger partial charge in [-0.05, 0) is 13.3 Å². The van der Waals surface area contributed by atoms with Crippen LogP contribution in [0.4, 0.5) is 0 Å². The van der Waals surface area contributed by atoms with Gasteiger partial charge in [-0.1, -0.05) is 38.1 Å². The van der Waals surface area contributed by atoms with Gasteiger partial charge in [0, 0.05) is 6.42 Å². The Kier molecular flexibility index (Phi) is 58.5. The number of rotatable bonds is 4. The molecule has 0 amide bonds. The maximum absolute atomic E-state index is 10.6. The average molecular weight is 424 g/mol. The molecule has 0 N–H and O–H groups in total. The maximum atomic E-state index is 10.6. The first-order valence-electron chi connectivity index (χ1n) is 5.30. The molecule has 0 aliphatic rings. The van der Waals surface area contributed by atoms with Gasteiger partial charge in [0.05, 0.1) is 6.61 Å². The minimum Gasteiger partial charge on any atom is -0.813 e. The Morgan fingerprint density at radius 3 is 1.26 bits per heavy atom. The van der Waals surface area contributed by atoms with E-state index >= 15 is 0 Å². The molecular formula is C7H17Al2O11P3. The average Bonchev–Trinajstić information content (AvgIpc) is 2.24. The smallest absolute Gasteiger partial charge is 0.813 e. The number of hydrogen-bond donors (Lipinski definition) is 0. The second-order valence-electron chi connectivity index (χ2n) is 2.66. The monoisotopic (exact) mass is 424 g/mol. The molecule has 11 nitrogen and oxygen atoms in total. The van der Waals surface area contributed by atoms with E-state index in [2.05, 4.69) is 6.92 Å².